The standard InChI is InChI=1S/C22H31NO3/c1-24-19-10-4-8-17-20-18(9-5-15-25-20)22(26-21(17)19)11-13-23(14-12-22)16-6-2-3-7-16/h4,8,10,16,18,20H,2-3,5-7,9,11-15H2,1H3/t18-,20+/m1/s1. The van der Waals surface area contributed by atoms with Gasteiger partial charge in [-0.15, -0.1) is 0 Å². The van der Waals surface area contributed by atoms with E-state index in [2.05, 4.69) is 17.0 Å². The predicted octanol–water partition coefficient (Wildman–Crippen LogP) is 4.33. The van der Waals surface area contributed by atoms with Crippen molar-refractivity contribution >= 4 is 0 Å². The minimum Gasteiger partial charge on any atom is -0.493 e. The lowest BCUT2D eigenvalue weighted by Gasteiger charge is -2.54. The van der Waals surface area contributed by atoms with Gasteiger partial charge in [-0.25, -0.2) is 0 Å². The number of hydrogen-bond acceptors (Lipinski definition) is 4. The van der Waals surface area contributed by atoms with Gasteiger partial charge in [-0.1, -0.05) is 25.0 Å². The second-order valence-corrected chi connectivity index (χ2v) is 8.56. The maximum Gasteiger partial charge on any atom is 0.167 e. The molecule has 4 heteroatoms. The molecule has 3 aliphatic heterocycles. The third-order valence-electron chi connectivity index (χ3n) is 7.32. The van der Waals surface area contributed by atoms with E-state index in [0.29, 0.717) is 5.92 Å². The number of likely N-dealkylation sites (tertiary alicyclic amines) is 1. The van der Waals surface area contributed by atoms with E-state index in [4.69, 9.17) is 14.2 Å². The lowest BCUT2D eigenvalue weighted by Crippen LogP contribution is -2.58. The molecule has 5 rings (SSSR count). The quantitative estimate of drug-likeness (QED) is 0.788. The molecule has 0 unspecified atom stereocenters. The Labute approximate surface area is 156 Å². The molecular weight excluding hydrogens is 326 g/mol. The summed E-state index contributed by atoms with van der Waals surface area (Å²) in [5, 5.41) is 0. The summed E-state index contributed by atoms with van der Waals surface area (Å²) in [6.45, 7) is 3.19. The first-order valence-electron chi connectivity index (χ1n) is 10.5. The fourth-order valence-electron chi connectivity index (χ4n) is 5.94. The fraction of sp³-hybridized carbons (Fsp3) is 0.727. The number of para-hydroxylation sites is 1. The van der Waals surface area contributed by atoms with Gasteiger partial charge in [0.2, 0.25) is 0 Å². The molecule has 3 heterocycles. The van der Waals surface area contributed by atoms with Crippen molar-refractivity contribution in [3.63, 3.8) is 0 Å². The number of piperidine rings is 1. The van der Waals surface area contributed by atoms with E-state index in [9.17, 15) is 0 Å². The zero-order chi connectivity index (χ0) is 17.6. The summed E-state index contributed by atoms with van der Waals surface area (Å²) in [6, 6.07) is 7.07. The van der Waals surface area contributed by atoms with E-state index < -0.39 is 0 Å². The number of fused-ring (bicyclic) bond motifs is 4. The van der Waals surface area contributed by atoms with E-state index in [1.807, 2.05) is 6.07 Å². The normalized spacial score (nSPS) is 31.3. The molecule has 2 atom stereocenters. The first kappa shape index (κ1) is 16.9. The van der Waals surface area contributed by atoms with Crippen molar-refractivity contribution in [1.82, 2.24) is 4.90 Å². The fourth-order valence-corrected chi connectivity index (χ4v) is 5.94. The number of ether oxygens (including phenoxy) is 3. The molecule has 0 radical (unpaired) electrons. The van der Waals surface area contributed by atoms with Crippen LogP contribution in [-0.2, 0) is 4.74 Å². The van der Waals surface area contributed by atoms with Gasteiger partial charge >= 0.3 is 0 Å². The van der Waals surface area contributed by atoms with Crippen molar-refractivity contribution < 1.29 is 14.2 Å². The highest BCUT2D eigenvalue weighted by molar-refractivity contribution is 5.50. The molecular formula is C22H31NO3. The lowest BCUT2D eigenvalue weighted by molar-refractivity contribution is -0.152. The number of rotatable bonds is 2. The minimum absolute atomic E-state index is 0.0815. The van der Waals surface area contributed by atoms with Crippen molar-refractivity contribution in [3.8, 4) is 11.5 Å². The largest absolute Gasteiger partial charge is 0.493 e. The summed E-state index contributed by atoms with van der Waals surface area (Å²) in [5.41, 5.74) is 1.11. The van der Waals surface area contributed by atoms with E-state index in [-0.39, 0.29) is 11.7 Å². The third-order valence-corrected chi connectivity index (χ3v) is 7.32. The molecule has 4 nitrogen and oxygen atoms in total. The van der Waals surface area contributed by atoms with Crippen LogP contribution in [0.1, 0.15) is 63.0 Å². The predicted molar refractivity (Wildman–Crippen MR) is 101 cm³/mol. The van der Waals surface area contributed by atoms with Gasteiger partial charge in [0.05, 0.1) is 13.2 Å². The highest BCUT2D eigenvalue weighted by Gasteiger charge is 2.53. The molecule has 1 aromatic rings. The summed E-state index contributed by atoms with van der Waals surface area (Å²) < 4.78 is 18.8. The number of benzene rings is 1. The molecule has 1 aromatic carbocycles. The van der Waals surface area contributed by atoms with Crippen LogP contribution in [0.5, 0.6) is 11.5 Å². The van der Waals surface area contributed by atoms with Crippen LogP contribution in [0.2, 0.25) is 0 Å². The molecule has 0 amide bonds. The Morgan fingerprint density at radius 1 is 1.08 bits per heavy atom. The maximum absolute atomic E-state index is 6.83. The zero-order valence-electron chi connectivity index (χ0n) is 15.9. The molecule has 3 fully saturated rings. The summed E-state index contributed by atoms with van der Waals surface area (Å²) in [6.07, 6.45) is 10.4. The van der Waals surface area contributed by atoms with E-state index in [1.54, 1.807) is 7.11 Å². The summed E-state index contributed by atoms with van der Waals surface area (Å²) >= 11 is 0. The van der Waals surface area contributed by atoms with E-state index >= 15 is 0 Å². The van der Waals surface area contributed by atoms with Crippen molar-refractivity contribution in [1.29, 1.82) is 0 Å². The van der Waals surface area contributed by atoms with Crippen LogP contribution in [0.25, 0.3) is 0 Å². The van der Waals surface area contributed by atoms with Crippen LogP contribution < -0.4 is 9.47 Å². The average molecular weight is 357 g/mol. The Kier molecular flexibility index (Phi) is 4.36. The second kappa shape index (κ2) is 6.72. The van der Waals surface area contributed by atoms with Crippen molar-refractivity contribution in [3.05, 3.63) is 23.8 Å². The Balaban J connectivity index is 1.45. The van der Waals surface area contributed by atoms with Crippen LogP contribution in [0.4, 0.5) is 0 Å². The maximum atomic E-state index is 6.83. The van der Waals surface area contributed by atoms with Gasteiger partial charge in [-0.3, -0.25) is 0 Å². The molecule has 1 saturated carbocycles. The number of methoxy groups -OCH3 is 1. The molecule has 142 valence electrons. The molecule has 0 N–H and O–H groups in total. The Hall–Kier alpha value is -1.26. The molecule has 26 heavy (non-hydrogen) atoms. The van der Waals surface area contributed by atoms with Gasteiger partial charge < -0.3 is 19.1 Å². The Morgan fingerprint density at radius 2 is 1.88 bits per heavy atom. The minimum atomic E-state index is -0.0815. The SMILES string of the molecule is COc1cccc2c1OC1(CCN(C3CCCC3)CC1)[C@@H]1CCCO[C@@H]21. The van der Waals surface area contributed by atoms with Crippen LogP contribution >= 0.6 is 0 Å². The first-order valence-corrected chi connectivity index (χ1v) is 10.5. The highest BCUT2D eigenvalue weighted by atomic mass is 16.5. The van der Waals surface area contributed by atoms with Crippen LogP contribution in [0.3, 0.4) is 0 Å². The van der Waals surface area contributed by atoms with Crippen molar-refractivity contribution in [2.75, 3.05) is 26.8 Å². The van der Waals surface area contributed by atoms with Crippen LogP contribution in [0, 0.1) is 5.92 Å². The molecule has 0 bridgehead atoms. The molecule has 2 saturated heterocycles. The van der Waals surface area contributed by atoms with Gasteiger partial charge in [0.25, 0.3) is 0 Å². The Bertz CT molecular complexity index is 647. The smallest absolute Gasteiger partial charge is 0.167 e. The van der Waals surface area contributed by atoms with Gasteiger partial charge in [-0.05, 0) is 31.7 Å². The molecule has 1 aliphatic carbocycles. The Morgan fingerprint density at radius 3 is 2.65 bits per heavy atom. The second-order valence-electron chi connectivity index (χ2n) is 8.56. The number of hydrogen-bond donors (Lipinski definition) is 0. The lowest BCUT2D eigenvalue weighted by atomic mass is 9.69. The van der Waals surface area contributed by atoms with Gasteiger partial charge in [-0.2, -0.15) is 0 Å². The third kappa shape index (κ3) is 2.65. The van der Waals surface area contributed by atoms with Gasteiger partial charge in [0.1, 0.15) is 5.60 Å². The molecule has 0 aromatic heterocycles. The average Bonchev–Trinajstić information content (AvgIpc) is 3.23. The summed E-state index contributed by atoms with van der Waals surface area (Å²) in [4.78, 5) is 2.73. The zero-order valence-corrected chi connectivity index (χ0v) is 15.9. The van der Waals surface area contributed by atoms with Crippen LogP contribution in [-0.4, -0.2) is 43.3 Å². The topological polar surface area (TPSA) is 30.9 Å². The van der Waals surface area contributed by atoms with Crippen LogP contribution in [0.15, 0.2) is 18.2 Å². The summed E-state index contributed by atoms with van der Waals surface area (Å²) in [7, 11) is 1.74. The summed E-state index contributed by atoms with van der Waals surface area (Å²) in [5.74, 6) is 2.27. The first-order chi connectivity index (χ1) is 12.8. The highest BCUT2D eigenvalue weighted by Crippen LogP contribution is 2.55. The monoisotopic (exact) mass is 357 g/mol. The van der Waals surface area contributed by atoms with Crippen molar-refractivity contribution in [2.24, 2.45) is 5.92 Å². The van der Waals surface area contributed by atoms with E-state index in [0.717, 1.165) is 43.4 Å². The number of nitrogens with zero attached hydrogens (tertiary/aromatic N) is 1. The molecule has 4 aliphatic rings. The molecule has 1 spiro atoms. The van der Waals surface area contributed by atoms with E-state index in [1.165, 1.54) is 50.8 Å². The van der Waals surface area contributed by atoms with Gasteiger partial charge in [0.15, 0.2) is 11.5 Å². The van der Waals surface area contributed by atoms with Crippen molar-refractivity contribution in [2.45, 2.75) is 69.1 Å². The van der Waals surface area contributed by atoms with Gasteiger partial charge in [0, 0.05) is 50.1 Å².